The van der Waals surface area contributed by atoms with E-state index in [-0.39, 0.29) is 6.10 Å². The summed E-state index contributed by atoms with van der Waals surface area (Å²) in [5.74, 6) is 0. The van der Waals surface area contributed by atoms with Crippen LogP contribution < -0.4 is 0 Å². The molecule has 0 amide bonds. The lowest BCUT2D eigenvalue weighted by Crippen LogP contribution is -2.06. The van der Waals surface area contributed by atoms with E-state index in [4.69, 9.17) is 27.9 Å². The summed E-state index contributed by atoms with van der Waals surface area (Å²) in [6, 6.07) is 5.54. The molecule has 0 N–H and O–H groups in total. The Bertz CT molecular complexity index is 297. The molecule has 0 unspecified atom stereocenters. The summed E-state index contributed by atoms with van der Waals surface area (Å²) < 4.78 is 5.44. The van der Waals surface area contributed by atoms with E-state index < -0.39 is 0 Å². The summed E-state index contributed by atoms with van der Waals surface area (Å²) in [5, 5.41) is 1.38. The Hall–Kier alpha value is -0.240. The molecule has 0 aromatic heterocycles. The Balaban J connectivity index is 2.51. The van der Waals surface area contributed by atoms with Crippen molar-refractivity contribution in [2.75, 3.05) is 6.61 Å². The zero-order valence-corrected chi connectivity index (χ0v) is 9.90. The fraction of sp³-hybridized carbons (Fsp3) is 0.455. The van der Waals surface area contributed by atoms with Crippen LogP contribution in [0.1, 0.15) is 19.4 Å². The second kappa shape index (κ2) is 5.59. The lowest BCUT2D eigenvalue weighted by molar-refractivity contribution is 0.0813. The predicted molar refractivity (Wildman–Crippen MR) is 61.3 cm³/mol. The van der Waals surface area contributed by atoms with Crippen molar-refractivity contribution in [3.05, 3.63) is 33.8 Å². The molecule has 0 radical (unpaired) electrons. The quantitative estimate of drug-likeness (QED) is 0.764. The second-order valence-electron chi connectivity index (χ2n) is 3.41. The molecule has 0 saturated heterocycles. The average Bonchev–Trinajstić information content (AvgIpc) is 2.08. The van der Waals surface area contributed by atoms with Crippen LogP contribution in [0, 0.1) is 0 Å². The molecule has 0 aliphatic heterocycles. The van der Waals surface area contributed by atoms with E-state index in [1.54, 1.807) is 6.07 Å². The fourth-order valence-electron chi connectivity index (χ4n) is 1.13. The first-order valence-electron chi connectivity index (χ1n) is 4.65. The first-order chi connectivity index (χ1) is 6.59. The maximum atomic E-state index is 6.00. The Morgan fingerprint density at radius 3 is 2.57 bits per heavy atom. The van der Waals surface area contributed by atoms with E-state index in [1.165, 1.54) is 0 Å². The van der Waals surface area contributed by atoms with Gasteiger partial charge in [0.25, 0.3) is 0 Å². The molecule has 0 bridgehead atoms. The summed E-state index contributed by atoms with van der Waals surface area (Å²) >= 11 is 11.8. The van der Waals surface area contributed by atoms with Gasteiger partial charge in [-0.1, -0.05) is 29.3 Å². The number of hydrogen-bond donors (Lipinski definition) is 0. The van der Waals surface area contributed by atoms with Gasteiger partial charge in [-0.15, -0.1) is 0 Å². The zero-order chi connectivity index (χ0) is 10.6. The summed E-state index contributed by atoms with van der Waals surface area (Å²) in [5.41, 5.74) is 1.08. The molecule has 0 heterocycles. The molecular formula is C11H14Cl2O. The van der Waals surface area contributed by atoms with Gasteiger partial charge >= 0.3 is 0 Å². The lowest BCUT2D eigenvalue weighted by Gasteiger charge is -2.08. The van der Waals surface area contributed by atoms with Crippen LogP contribution in [0.15, 0.2) is 18.2 Å². The van der Waals surface area contributed by atoms with Gasteiger partial charge in [0.05, 0.1) is 12.7 Å². The minimum absolute atomic E-state index is 0.265. The maximum absolute atomic E-state index is 6.00. The molecule has 1 rings (SSSR count). The molecule has 14 heavy (non-hydrogen) atoms. The number of benzene rings is 1. The van der Waals surface area contributed by atoms with Gasteiger partial charge < -0.3 is 4.74 Å². The van der Waals surface area contributed by atoms with E-state index in [9.17, 15) is 0 Å². The topological polar surface area (TPSA) is 9.23 Å². The van der Waals surface area contributed by atoms with Gasteiger partial charge in [0.15, 0.2) is 0 Å². The van der Waals surface area contributed by atoms with Crippen molar-refractivity contribution >= 4 is 23.2 Å². The summed E-state index contributed by atoms with van der Waals surface area (Å²) in [4.78, 5) is 0. The normalized spacial score (nSPS) is 10.9. The monoisotopic (exact) mass is 232 g/mol. The van der Waals surface area contributed by atoms with Crippen LogP contribution in [-0.2, 0) is 11.2 Å². The third-order valence-corrected chi connectivity index (χ3v) is 2.42. The van der Waals surface area contributed by atoms with Crippen molar-refractivity contribution in [2.45, 2.75) is 26.4 Å². The van der Waals surface area contributed by atoms with Crippen LogP contribution in [0.4, 0.5) is 0 Å². The van der Waals surface area contributed by atoms with E-state index in [0.29, 0.717) is 16.7 Å². The highest BCUT2D eigenvalue weighted by Gasteiger charge is 2.01. The number of halogens is 2. The number of hydrogen-bond acceptors (Lipinski definition) is 1. The first-order valence-corrected chi connectivity index (χ1v) is 5.40. The number of rotatable bonds is 4. The van der Waals surface area contributed by atoms with Gasteiger partial charge in [0, 0.05) is 10.0 Å². The lowest BCUT2D eigenvalue weighted by atomic mass is 10.2. The summed E-state index contributed by atoms with van der Waals surface area (Å²) in [7, 11) is 0. The molecule has 0 atom stereocenters. The van der Waals surface area contributed by atoms with Crippen molar-refractivity contribution in [2.24, 2.45) is 0 Å². The molecule has 3 heteroatoms. The average molecular weight is 233 g/mol. The third-order valence-electron chi connectivity index (χ3n) is 1.84. The van der Waals surface area contributed by atoms with Crippen molar-refractivity contribution < 1.29 is 4.74 Å². The molecule has 0 aliphatic rings. The van der Waals surface area contributed by atoms with Gasteiger partial charge in [-0.3, -0.25) is 0 Å². The Labute approximate surface area is 95.0 Å². The summed E-state index contributed by atoms with van der Waals surface area (Å²) in [6.45, 7) is 4.73. The van der Waals surface area contributed by atoms with E-state index in [0.717, 1.165) is 12.0 Å². The molecule has 0 saturated carbocycles. The molecule has 78 valence electrons. The highest BCUT2D eigenvalue weighted by molar-refractivity contribution is 6.35. The molecule has 1 aromatic rings. The van der Waals surface area contributed by atoms with Crippen LogP contribution in [0.3, 0.4) is 0 Å². The van der Waals surface area contributed by atoms with Crippen molar-refractivity contribution in [3.8, 4) is 0 Å². The Morgan fingerprint density at radius 2 is 2.00 bits per heavy atom. The molecule has 0 aliphatic carbocycles. The van der Waals surface area contributed by atoms with Crippen molar-refractivity contribution in [1.29, 1.82) is 0 Å². The summed E-state index contributed by atoms with van der Waals surface area (Å²) in [6.07, 6.45) is 1.09. The standard InChI is InChI=1S/C11H14Cl2O/c1-8(2)14-6-5-9-3-4-10(12)7-11(9)13/h3-4,7-8H,5-6H2,1-2H3. The molecule has 1 nitrogen and oxygen atoms in total. The minimum Gasteiger partial charge on any atom is -0.378 e. The van der Waals surface area contributed by atoms with Crippen LogP contribution in [-0.4, -0.2) is 12.7 Å². The van der Waals surface area contributed by atoms with Gasteiger partial charge in [-0.05, 0) is 38.0 Å². The van der Waals surface area contributed by atoms with E-state index >= 15 is 0 Å². The molecular weight excluding hydrogens is 219 g/mol. The van der Waals surface area contributed by atoms with Crippen LogP contribution >= 0.6 is 23.2 Å². The van der Waals surface area contributed by atoms with Crippen LogP contribution in [0.25, 0.3) is 0 Å². The number of ether oxygens (including phenoxy) is 1. The van der Waals surface area contributed by atoms with E-state index in [2.05, 4.69) is 0 Å². The Kier molecular flexibility index (Phi) is 4.73. The molecule has 0 spiro atoms. The van der Waals surface area contributed by atoms with Crippen molar-refractivity contribution in [1.82, 2.24) is 0 Å². The first kappa shape index (κ1) is 11.8. The fourth-order valence-corrected chi connectivity index (χ4v) is 1.63. The highest BCUT2D eigenvalue weighted by Crippen LogP contribution is 2.21. The predicted octanol–water partition coefficient (Wildman–Crippen LogP) is 3.96. The smallest absolute Gasteiger partial charge is 0.0519 e. The van der Waals surface area contributed by atoms with Crippen LogP contribution in [0.2, 0.25) is 10.0 Å². The Morgan fingerprint density at radius 1 is 1.29 bits per heavy atom. The van der Waals surface area contributed by atoms with Crippen LogP contribution in [0.5, 0.6) is 0 Å². The van der Waals surface area contributed by atoms with Crippen molar-refractivity contribution in [3.63, 3.8) is 0 Å². The van der Waals surface area contributed by atoms with Gasteiger partial charge in [-0.2, -0.15) is 0 Å². The van der Waals surface area contributed by atoms with Gasteiger partial charge in [-0.25, -0.2) is 0 Å². The second-order valence-corrected chi connectivity index (χ2v) is 4.25. The van der Waals surface area contributed by atoms with E-state index in [1.807, 2.05) is 26.0 Å². The minimum atomic E-state index is 0.265. The largest absolute Gasteiger partial charge is 0.378 e. The molecule has 0 fully saturated rings. The third kappa shape index (κ3) is 3.87. The molecule has 1 aromatic carbocycles. The van der Waals surface area contributed by atoms with Gasteiger partial charge in [0.2, 0.25) is 0 Å². The van der Waals surface area contributed by atoms with Gasteiger partial charge in [0.1, 0.15) is 0 Å². The maximum Gasteiger partial charge on any atom is 0.0519 e. The zero-order valence-electron chi connectivity index (χ0n) is 8.39. The highest BCUT2D eigenvalue weighted by atomic mass is 35.5. The SMILES string of the molecule is CC(C)OCCc1ccc(Cl)cc1Cl.